The van der Waals surface area contributed by atoms with Gasteiger partial charge in [0.1, 0.15) is 12.3 Å². The number of piperidine rings is 1. The zero-order chi connectivity index (χ0) is 21.1. The second-order valence-corrected chi connectivity index (χ2v) is 9.75. The lowest BCUT2D eigenvalue weighted by Gasteiger charge is -2.42. The van der Waals surface area contributed by atoms with Crippen LogP contribution in [0.3, 0.4) is 0 Å². The van der Waals surface area contributed by atoms with Crippen molar-refractivity contribution in [1.82, 2.24) is 15.2 Å². The van der Waals surface area contributed by atoms with Crippen molar-refractivity contribution in [2.24, 2.45) is 0 Å². The molecule has 1 N–H and O–H groups in total. The van der Waals surface area contributed by atoms with Crippen LogP contribution >= 0.6 is 0 Å². The van der Waals surface area contributed by atoms with E-state index in [2.05, 4.69) is 21.3 Å². The zero-order valence-corrected chi connectivity index (χ0v) is 18.4. The van der Waals surface area contributed by atoms with Crippen LogP contribution in [0.5, 0.6) is 5.88 Å². The quantitative estimate of drug-likeness (QED) is 0.749. The minimum Gasteiger partial charge on any atom is -0.461 e. The molecule has 0 radical (unpaired) electrons. The van der Waals surface area contributed by atoms with Gasteiger partial charge in [-0.25, -0.2) is 9.78 Å². The number of hydrogen-bond acceptors (Lipinski definition) is 6. The van der Waals surface area contributed by atoms with E-state index < -0.39 is 5.60 Å². The van der Waals surface area contributed by atoms with Crippen LogP contribution in [-0.2, 0) is 9.47 Å². The highest BCUT2D eigenvalue weighted by molar-refractivity contribution is 5.68. The normalized spacial score (nSPS) is 30.1. The average Bonchev–Trinajstić information content (AvgIpc) is 2.69. The third kappa shape index (κ3) is 5.24. The molecule has 1 saturated carbocycles. The lowest BCUT2D eigenvalue weighted by molar-refractivity contribution is -0.0516. The van der Waals surface area contributed by atoms with Gasteiger partial charge in [0, 0.05) is 18.3 Å². The zero-order valence-electron chi connectivity index (χ0n) is 18.4. The Morgan fingerprint density at radius 3 is 2.80 bits per heavy atom. The molecule has 1 aliphatic carbocycles. The Bertz CT molecular complexity index is 727. The van der Waals surface area contributed by atoms with E-state index >= 15 is 0 Å². The van der Waals surface area contributed by atoms with Crippen molar-refractivity contribution in [3.05, 3.63) is 23.9 Å². The molecule has 1 saturated heterocycles. The van der Waals surface area contributed by atoms with E-state index in [4.69, 9.17) is 14.2 Å². The number of ether oxygens (including phenoxy) is 3. The molecular weight excluding hydrogens is 382 g/mol. The largest absolute Gasteiger partial charge is 0.461 e. The summed E-state index contributed by atoms with van der Waals surface area (Å²) >= 11 is 0. The van der Waals surface area contributed by atoms with E-state index in [1.807, 2.05) is 26.8 Å². The lowest BCUT2D eigenvalue weighted by Crippen LogP contribution is -2.58. The highest BCUT2D eigenvalue weighted by Crippen LogP contribution is 2.38. The molecule has 3 aliphatic heterocycles. The van der Waals surface area contributed by atoms with Crippen LogP contribution in [0.2, 0.25) is 0 Å². The first-order valence-electron chi connectivity index (χ1n) is 11.3. The van der Waals surface area contributed by atoms with Crippen molar-refractivity contribution in [1.29, 1.82) is 0 Å². The van der Waals surface area contributed by atoms with Gasteiger partial charge in [0.25, 0.3) is 0 Å². The number of rotatable bonds is 1. The van der Waals surface area contributed by atoms with E-state index in [0.29, 0.717) is 19.3 Å². The van der Waals surface area contributed by atoms with Crippen LogP contribution in [0.25, 0.3) is 0 Å². The monoisotopic (exact) mass is 417 g/mol. The summed E-state index contributed by atoms with van der Waals surface area (Å²) in [4.78, 5) is 19.3. The van der Waals surface area contributed by atoms with Crippen molar-refractivity contribution in [3.63, 3.8) is 0 Å². The third-order valence-corrected chi connectivity index (χ3v) is 6.38. The van der Waals surface area contributed by atoms with Crippen LogP contribution in [0.4, 0.5) is 4.79 Å². The molecule has 5 rings (SSSR count). The highest BCUT2D eigenvalue weighted by Gasteiger charge is 2.36. The number of aromatic nitrogens is 1. The maximum absolute atomic E-state index is 12.4. The highest BCUT2D eigenvalue weighted by atomic mass is 16.6. The number of nitrogens with one attached hydrogen (secondary N) is 1. The Kier molecular flexibility index (Phi) is 6.48. The molecule has 1 aromatic heterocycles. The molecule has 2 unspecified atom stereocenters. The van der Waals surface area contributed by atoms with Crippen LogP contribution < -0.4 is 10.1 Å². The maximum atomic E-state index is 12.4. The lowest BCUT2D eigenvalue weighted by atomic mass is 9.83. The summed E-state index contributed by atoms with van der Waals surface area (Å²) in [5.74, 6) is 1.25. The van der Waals surface area contributed by atoms with Crippen molar-refractivity contribution in [3.8, 4) is 5.88 Å². The number of hydrogen-bond donors (Lipinski definition) is 1. The molecule has 0 spiro atoms. The summed E-state index contributed by atoms with van der Waals surface area (Å²) in [7, 11) is 0. The molecule has 0 aromatic carbocycles. The molecule has 7 heteroatoms. The van der Waals surface area contributed by atoms with E-state index in [-0.39, 0.29) is 24.3 Å². The second-order valence-electron chi connectivity index (χ2n) is 9.75. The van der Waals surface area contributed by atoms with Crippen LogP contribution in [-0.4, -0.2) is 59.6 Å². The van der Waals surface area contributed by atoms with Gasteiger partial charge in [-0.2, -0.15) is 0 Å². The van der Waals surface area contributed by atoms with Gasteiger partial charge in [-0.15, -0.1) is 0 Å². The van der Waals surface area contributed by atoms with E-state index in [1.165, 1.54) is 5.56 Å². The average molecular weight is 418 g/mol. The van der Waals surface area contributed by atoms with Crippen LogP contribution in [0.15, 0.2) is 18.3 Å². The maximum Gasteiger partial charge on any atom is 0.407 e. The smallest absolute Gasteiger partial charge is 0.407 e. The molecular formula is C23H35N3O4. The predicted molar refractivity (Wildman–Crippen MR) is 114 cm³/mol. The van der Waals surface area contributed by atoms with Gasteiger partial charge in [0.2, 0.25) is 5.88 Å². The number of fused-ring (bicyclic) bond motifs is 4. The van der Waals surface area contributed by atoms with Gasteiger partial charge in [-0.3, -0.25) is 4.90 Å². The first-order chi connectivity index (χ1) is 14.4. The second kappa shape index (κ2) is 9.10. The van der Waals surface area contributed by atoms with Crippen molar-refractivity contribution in [2.75, 3.05) is 19.9 Å². The molecule has 2 atom stereocenters. The van der Waals surface area contributed by atoms with Crippen LogP contribution in [0.1, 0.15) is 70.8 Å². The molecule has 1 aromatic rings. The van der Waals surface area contributed by atoms with Gasteiger partial charge in [0.15, 0.2) is 0 Å². The van der Waals surface area contributed by atoms with Gasteiger partial charge in [-0.1, -0.05) is 6.07 Å². The van der Waals surface area contributed by atoms with Crippen molar-refractivity contribution < 1.29 is 19.0 Å². The number of amides is 1. The van der Waals surface area contributed by atoms with E-state index in [0.717, 1.165) is 50.9 Å². The Labute approximate surface area is 179 Å². The summed E-state index contributed by atoms with van der Waals surface area (Å²) in [5, 5.41) is 3.09. The summed E-state index contributed by atoms with van der Waals surface area (Å²) in [6.07, 6.45) is 7.92. The van der Waals surface area contributed by atoms with Gasteiger partial charge in [0.05, 0.1) is 24.8 Å². The van der Waals surface area contributed by atoms with Crippen molar-refractivity contribution in [2.45, 2.75) is 89.0 Å². The number of alkyl carbamates (subject to hydrolysis) is 1. The molecule has 2 fully saturated rings. The summed E-state index contributed by atoms with van der Waals surface area (Å²) < 4.78 is 18.1. The Morgan fingerprint density at radius 2 is 2.03 bits per heavy atom. The Balaban J connectivity index is 1.52. The number of carbonyl (C=O) groups excluding carboxylic acids is 1. The number of pyridine rings is 1. The van der Waals surface area contributed by atoms with Gasteiger partial charge >= 0.3 is 6.09 Å². The molecule has 2 bridgehead atoms. The fourth-order valence-electron chi connectivity index (χ4n) is 4.89. The minimum atomic E-state index is -0.515. The molecule has 7 nitrogen and oxygen atoms in total. The Hall–Kier alpha value is -1.86. The predicted octanol–water partition coefficient (Wildman–Crippen LogP) is 3.83. The standard InChI is InChI=1S/C23H35N3O4/c1-23(2,3)30-22(27)25-19-7-5-13-26-15-29-21-18(6-4-12-24-21)16-8-10-17(11-9-16)28-14-20(19)26/h4,6,12,16-17,19-20H,5,7-11,13-15H2,1-3H3,(H,25,27). The van der Waals surface area contributed by atoms with Gasteiger partial charge in [-0.05, 0) is 71.3 Å². The fourth-order valence-corrected chi connectivity index (χ4v) is 4.89. The summed E-state index contributed by atoms with van der Waals surface area (Å²) in [6.45, 7) is 7.60. The molecule has 1 amide bonds. The van der Waals surface area contributed by atoms with Gasteiger partial charge < -0.3 is 19.5 Å². The Morgan fingerprint density at radius 1 is 1.23 bits per heavy atom. The van der Waals surface area contributed by atoms with E-state index in [1.54, 1.807) is 6.20 Å². The SMILES string of the molecule is CC(C)(C)OC(=O)NC1CCCN2COc3ncccc3C3CCC(CC3)OCC12. The van der Waals surface area contributed by atoms with Crippen molar-refractivity contribution >= 4 is 6.09 Å². The molecule has 4 aliphatic rings. The molecule has 30 heavy (non-hydrogen) atoms. The fraction of sp³-hybridized carbons (Fsp3) is 0.739. The first-order valence-corrected chi connectivity index (χ1v) is 11.3. The summed E-state index contributed by atoms with van der Waals surface area (Å²) in [5.41, 5.74) is 0.701. The number of carbonyl (C=O) groups is 1. The topological polar surface area (TPSA) is 72.9 Å². The first kappa shape index (κ1) is 21.4. The van der Waals surface area contributed by atoms with Crippen LogP contribution in [0, 0.1) is 0 Å². The minimum absolute atomic E-state index is 0.0281. The number of nitrogens with zero attached hydrogens (tertiary/aromatic N) is 2. The van der Waals surface area contributed by atoms with E-state index in [9.17, 15) is 4.79 Å². The molecule has 4 heterocycles. The third-order valence-electron chi connectivity index (χ3n) is 6.38. The summed E-state index contributed by atoms with van der Waals surface area (Å²) in [6, 6.07) is 4.18. The molecule has 166 valence electrons.